The number of hydrogen-bond donors (Lipinski definition) is 1. The summed E-state index contributed by atoms with van der Waals surface area (Å²) in [5.74, 6) is 2.11. The molecule has 17 heavy (non-hydrogen) atoms. The summed E-state index contributed by atoms with van der Waals surface area (Å²) in [5.41, 5.74) is 0.471. The number of halogens is 1. The fraction of sp³-hybridized carbons (Fsp3) is 0.667. The van der Waals surface area contributed by atoms with Gasteiger partial charge in [-0.15, -0.1) is 0 Å². The average Bonchev–Trinajstić information content (AvgIpc) is 2.83. The van der Waals surface area contributed by atoms with E-state index in [1.165, 1.54) is 6.42 Å². The lowest BCUT2D eigenvalue weighted by Crippen LogP contribution is -2.10. The van der Waals surface area contributed by atoms with Crippen molar-refractivity contribution in [3.05, 3.63) is 17.0 Å². The Bertz CT molecular complexity index is 409. The summed E-state index contributed by atoms with van der Waals surface area (Å²) in [5, 5.41) is 3.76. The predicted molar refractivity (Wildman–Crippen MR) is 68.1 cm³/mol. The monoisotopic (exact) mass is 255 g/mol. The molecule has 94 valence electrons. The highest BCUT2D eigenvalue weighted by Crippen LogP contribution is 2.51. The van der Waals surface area contributed by atoms with E-state index in [2.05, 4.69) is 29.1 Å². The van der Waals surface area contributed by atoms with Crippen LogP contribution in [0.3, 0.4) is 0 Å². The minimum Gasteiger partial charge on any atom is -0.377 e. The van der Waals surface area contributed by atoms with E-state index in [9.17, 15) is 0 Å². The van der Waals surface area contributed by atoms with Gasteiger partial charge in [0.1, 0.15) is 17.6 Å². The minimum absolute atomic E-state index is 0.379. The molecular formula is C12H18ClN3O. The van der Waals surface area contributed by atoms with Crippen molar-refractivity contribution >= 4 is 17.4 Å². The van der Waals surface area contributed by atoms with Crippen molar-refractivity contribution in [2.24, 2.45) is 11.3 Å². The number of nitrogens with one attached hydrogen (secondary N) is 1. The maximum atomic E-state index is 5.93. The average molecular weight is 256 g/mol. The second kappa shape index (κ2) is 4.78. The quantitative estimate of drug-likeness (QED) is 0.822. The van der Waals surface area contributed by atoms with Gasteiger partial charge in [0.25, 0.3) is 0 Å². The first-order chi connectivity index (χ1) is 8.01. The molecule has 2 rings (SSSR count). The molecule has 0 saturated heterocycles. The van der Waals surface area contributed by atoms with Crippen LogP contribution in [-0.4, -0.2) is 23.6 Å². The SMILES string of the molecule is COCc1nc(Cl)cc(NCC2CC2(C)C)n1. The van der Waals surface area contributed by atoms with E-state index in [0.717, 1.165) is 18.3 Å². The van der Waals surface area contributed by atoms with Crippen LogP contribution in [0.1, 0.15) is 26.1 Å². The van der Waals surface area contributed by atoms with Gasteiger partial charge in [0.15, 0.2) is 5.82 Å². The van der Waals surface area contributed by atoms with Crippen LogP contribution in [-0.2, 0) is 11.3 Å². The number of hydrogen-bond acceptors (Lipinski definition) is 4. The second-order valence-electron chi connectivity index (χ2n) is 5.20. The van der Waals surface area contributed by atoms with Crippen LogP contribution in [0.2, 0.25) is 5.15 Å². The molecule has 5 heteroatoms. The minimum atomic E-state index is 0.379. The van der Waals surface area contributed by atoms with Crippen molar-refractivity contribution in [1.29, 1.82) is 0 Å². The molecule has 1 fully saturated rings. The van der Waals surface area contributed by atoms with Gasteiger partial charge in [-0.1, -0.05) is 25.4 Å². The summed E-state index contributed by atoms with van der Waals surface area (Å²) in [6, 6.07) is 1.75. The molecule has 0 radical (unpaired) electrons. The van der Waals surface area contributed by atoms with Gasteiger partial charge in [0.05, 0.1) is 0 Å². The van der Waals surface area contributed by atoms with Gasteiger partial charge in [0, 0.05) is 19.7 Å². The van der Waals surface area contributed by atoms with Gasteiger partial charge in [0.2, 0.25) is 0 Å². The van der Waals surface area contributed by atoms with Gasteiger partial charge in [-0.2, -0.15) is 0 Å². The highest BCUT2D eigenvalue weighted by atomic mass is 35.5. The molecule has 0 aromatic carbocycles. The lowest BCUT2D eigenvalue weighted by molar-refractivity contribution is 0.178. The largest absolute Gasteiger partial charge is 0.377 e. The van der Waals surface area contributed by atoms with Gasteiger partial charge >= 0.3 is 0 Å². The molecule has 1 aromatic rings. The van der Waals surface area contributed by atoms with E-state index < -0.39 is 0 Å². The first kappa shape index (κ1) is 12.6. The zero-order chi connectivity index (χ0) is 12.5. The lowest BCUT2D eigenvalue weighted by atomic mass is 10.1. The van der Waals surface area contributed by atoms with Gasteiger partial charge < -0.3 is 10.1 Å². The van der Waals surface area contributed by atoms with Crippen LogP contribution in [0.25, 0.3) is 0 Å². The Balaban J connectivity index is 1.96. The van der Waals surface area contributed by atoms with Gasteiger partial charge in [-0.05, 0) is 17.8 Å². The van der Waals surface area contributed by atoms with Crippen molar-refractivity contribution < 1.29 is 4.74 Å². The molecule has 0 spiro atoms. The van der Waals surface area contributed by atoms with Crippen LogP contribution in [0, 0.1) is 11.3 Å². The van der Waals surface area contributed by atoms with Crippen molar-refractivity contribution in [2.45, 2.75) is 26.9 Å². The Morgan fingerprint density at radius 3 is 2.82 bits per heavy atom. The van der Waals surface area contributed by atoms with Crippen molar-refractivity contribution in [3.8, 4) is 0 Å². The molecule has 1 saturated carbocycles. The van der Waals surface area contributed by atoms with Crippen molar-refractivity contribution in [2.75, 3.05) is 19.0 Å². The summed E-state index contributed by atoms with van der Waals surface area (Å²) < 4.78 is 5.00. The Labute approximate surface area is 107 Å². The summed E-state index contributed by atoms with van der Waals surface area (Å²) in [6.07, 6.45) is 1.27. The van der Waals surface area contributed by atoms with E-state index in [0.29, 0.717) is 23.0 Å². The zero-order valence-electron chi connectivity index (χ0n) is 10.5. The van der Waals surface area contributed by atoms with E-state index in [1.54, 1.807) is 13.2 Å². The number of anilines is 1. The third-order valence-corrected chi connectivity index (χ3v) is 3.46. The normalized spacial score (nSPS) is 21.3. The summed E-state index contributed by atoms with van der Waals surface area (Å²) in [6.45, 7) is 5.88. The summed E-state index contributed by atoms with van der Waals surface area (Å²) in [7, 11) is 1.62. The number of methoxy groups -OCH3 is 1. The van der Waals surface area contributed by atoms with E-state index in [1.807, 2.05) is 0 Å². The second-order valence-corrected chi connectivity index (χ2v) is 5.58. The first-order valence-electron chi connectivity index (χ1n) is 5.77. The Hall–Kier alpha value is -0.870. The van der Waals surface area contributed by atoms with Crippen LogP contribution >= 0.6 is 11.6 Å². The molecule has 0 aliphatic heterocycles. The molecule has 1 N–H and O–H groups in total. The highest BCUT2D eigenvalue weighted by Gasteiger charge is 2.44. The molecule has 1 aliphatic carbocycles. The van der Waals surface area contributed by atoms with Crippen LogP contribution < -0.4 is 5.32 Å². The smallest absolute Gasteiger partial charge is 0.158 e. The molecule has 1 aliphatic rings. The fourth-order valence-corrected chi connectivity index (χ4v) is 2.10. The third-order valence-electron chi connectivity index (χ3n) is 3.26. The highest BCUT2D eigenvalue weighted by molar-refractivity contribution is 6.29. The molecule has 4 nitrogen and oxygen atoms in total. The maximum Gasteiger partial charge on any atom is 0.158 e. The van der Waals surface area contributed by atoms with Crippen LogP contribution in [0.5, 0.6) is 0 Å². The number of aromatic nitrogens is 2. The van der Waals surface area contributed by atoms with Gasteiger partial charge in [-0.3, -0.25) is 0 Å². The summed E-state index contributed by atoms with van der Waals surface area (Å²) >= 11 is 5.93. The topological polar surface area (TPSA) is 47.0 Å². The van der Waals surface area contributed by atoms with Crippen LogP contribution in [0.4, 0.5) is 5.82 Å². The van der Waals surface area contributed by atoms with E-state index in [-0.39, 0.29) is 0 Å². The van der Waals surface area contributed by atoms with Crippen molar-refractivity contribution in [3.63, 3.8) is 0 Å². The Morgan fingerprint density at radius 1 is 1.53 bits per heavy atom. The number of ether oxygens (including phenoxy) is 1. The molecule has 1 unspecified atom stereocenters. The third kappa shape index (κ3) is 3.30. The van der Waals surface area contributed by atoms with E-state index >= 15 is 0 Å². The lowest BCUT2D eigenvalue weighted by Gasteiger charge is -2.08. The number of nitrogens with zero attached hydrogens (tertiary/aromatic N) is 2. The Morgan fingerprint density at radius 2 is 2.24 bits per heavy atom. The fourth-order valence-electron chi connectivity index (χ4n) is 1.90. The van der Waals surface area contributed by atoms with Crippen LogP contribution in [0.15, 0.2) is 6.07 Å². The molecule has 1 aromatic heterocycles. The molecule has 0 amide bonds. The molecule has 1 atom stereocenters. The maximum absolute atomic E-state index is 5.93. The summed E-state index contributed by atoms with van der Waals surface area (Å²) in [4.78, 5) is 8.42. The Kier molecular flexibility index (Phi) is 3.54. The molecule has 0 bridgehead atoms. The predicted octanol–water partition coefficient (Wildman–Crippen LogP) is 2.73. The number of rotatable bonds is 5. The first-order valence-corrected chi connectivity index (χ1v) is 6.15. The molecular weight excluding hydrogens is 238 g/mol. The zero-order valence-corrected chi connectivity index (χ0v) is 11.2. The van der Waals surface area contributed by atoms with E-state index in [4.69, 9.17) is 16.3 Å². The van der Waals surface area contributed by atoms with Crippen molar-refractivity contribution in [1.82, 2.24) is 9.97 Å². The standard InChI is InChI=1S/C12H18ClN3O/c1-12(2)5-8(12)6-14-10-4-9(13)15-11(16-10)7-17-3/h4,8H,5-7H2,1-3H3,(H,14,15,16). The molecule has 1 heterocycles. The van der Waals surface area contributed by atoms with Gasteiger partial charge in [-0.25, -0.2) is 9.97 Å².